The number of rotatable bonds is 2. The van der Waals surface area contributed by atoms with Crippen molar-refractivity contribution in [3.63, 3.8) is 0 Å². The van der Waals surface area contributed by atoms with Crippen LogP contribution in [0.4, 0.5) is 0 Å². The van der Waals surface area contributed by atoms with E-state index in [4.69, 9.17) is 23.2 Å². The van der Waals surface area contributed by atoms with Gasteiger partial charge in [0.15, 0.2) is 0 Å². The molecule has 0 bridgehead atoms. The first-order valence-corrected chi connectivity index (χ1v) is 8.94. The van der Waals surface area contributed by atoms with E-state index < -0.39 is 11.4 Å². The summed E-state index contributed by atoms with van der Waals surface area (Å²) in [5.74, 6) is -0.766. The number of hydrogen-bond donors (Lipinski definition) is 1. The Labute approximate surface area is 164 Å². The monoisotopic (exact) mass is 392 g/mol. The van der Waals surface area contributed by atoms with Crippen molar-refractivity contribution in [3.8, 4) is 0 Å². The molecule has 2 rings (SSSR count). The van der Waals surface area contributed by atoms with Gasteiger partial charge in [-0.1, -0.05) is 29.3 Å². The number of hydrogen-bond acceptors (Lipinski definition) is 2. The van der Waals surface area contributed by atoms with Crippen LogP contribution in [0.5, 0.6) is 0 Å². The Morgan fingerprint density at radius 3 is 2.15 bits per heavy atom. The minimum Gasteiger partial charge on any atom is -0.267 e. The number of hydrazine groups is 1. The van der Waals surface area contributed by atoms with Gasteiger partial charge in [0.2, 0.25) is 0 Å². The highest BCUT2D eigenvalue weighted by Crippen LogP contribution is 2.24. The molecule has 0 aliphatic heterocycles. The van der Waals surface area contributed by atoms with E-state index in [1.807, 2.05) is 40.7 Å². The summed E-state index contributed by atoms with van der Waals surface area (Å²) < 4.78 is 0. The summed E-state index contributed by atoms with van der Waals surface area (Å²) in [6, 6.07) is 10.1. The Morgan fingerprint density at radius 2 is 1.62 bits per heavy atom. The third-order valence-corrected chi connectivity index (χ3v) is 4.57. The van der Waals surface area contributed by atoms with E-state index in [2.05, 4.69) is 5.43 Å². The summed E-state index contributed by atoms with van der Waals surface area (Å²) in [4.78, 5) is 25.7. The van der Waals surface area contributed by atoms with Gasteiger partial charge >= 0.3 is 0 Å². The van der Waals surface area contributed by atoms with Gasteiger partial charge in [0.05, 0.1) is 16.1 Å². The van der Waals surface area contributed by atoms with Crippen LogP contribution in [-0.4, -0.2) is 22.4 Å². The highest BCUT2D eigenvalue weighted by atomic mass is 35.5. The van der Waals surface area contributed by atoms with Crippen molar-refractivity contribution in [2.24, 2.45) is 0 Å². The van der Waals surface area contributed by atoms with E-state index >= 15 is 0 Å². The molecule has 6 heteroatoms. The Hall–Kier alpha value is -2.04. The van der Waals surface area contributed by atoms with Crippen molar-refractivity contribution < 1.29 is 9.59 Å². The SMILES string of the molecule is Cc1ccc(C(=O)NN(C(=O)c2ccc(Cl)cc2Cl)C(C)(C)C)cc1C. The second kappa shape index (κ2) is 7.68. The largest absolute Gasteiger partial charge is 0.274 e. The Balaban J connectivity index is 2.34. The quantitative estimate of drug-likeness (QED) is 0.714. The predicted octanol–water partition coefficient (Wildman–Crippen LogP) is 5.20. The van der Waals surface area contributed by atoms with E-state index in [9.17, 15) is 9.59 Å². The average molecular weight is 393 g/mol. The number of carbonyl (C=O) groups is 2. The van der Waals surface area contributed by atoms with Crippen molar-refractivity contribution in [2.45, 2.75) is 40.2 Å². The van der Waals surface area contributed by atoms with Crippen molar-refractivity contribution in [2.75, 3.05) is 0 Å². The lowest BCUT2D eigenvalue weighted by Gasteiger charge is -2.35. The molecule has 0 heterocycles. The van der Waals surface area contributed by atoms with Crippen molar-refractivity contribution in [1.82, 2.24) is 10.4 Å². The number of benzene rings is 2. The average Bonchev–Trinajstić information content (AvgIpc) is 2.53. The van der Waals surface area contributed by atoms with Gasteiger partial charge < -0.3 is 0 Å². The molecule has 0 atom stereocenters. The molecular weight excluding hydrogens is 371 g/mol. The molecule has 2 amide bonds. The van der Waals surface area contributed by atoms with E-state index in [1.165, 1.54) is 11.1 Å². The Kier molecular flexibility index (Phi) is 5.99. The summed E-state index contributed by atoms with van der Waals surface area (Å²) >= 11 is 12.1. The van der Waals surface area contributed by atoms with Gasteiger partial charge in [0.25, 0.3) is 11.8 Å². The third-order valence-electron chi connectivity index (χ3n) is 4.02. The van der Waals surface area contributed by atoms with Crippen LogP contribution >= 0.6 is 23.2 Å². The second-order valence-electron chi connectivity index (χ2n) is 7.18. The van der Waals surface area contributed by atoms with Crippen molar-refractivity contribution in [3.05, 3.63) is 68.7 Å². The van der Waals surface area contributed by atoms with Gasteiger partial charge in [-0.3, -0.25) is 15.0 Å². The predicted molar refractivity (Wildman–Crippen MR) is 106 cm³/mol. The van der Waals surface area contributed by atoms with E-state index in [0.29, 0.717) is 10.6 Å². The molecule has 0 fully saturated rings. The first-order chi connectivity index (χ1) is 12.0. The molecule has 1 N–H and O–H groups in total. The van der Waals surface area contributed by atoms with Crippen molar-refractivity contribution >= 4 is 35.0 Å². The maximum atomic E-state index is 13.0. The number of carbonyl (C=O) groups excluding carboxylic acids is 2. The highest BCUT2D eigenvalue weighted by Gasteiger charge is 2.30. The minimum absolute atomic E-state index is 0.233. The molecule has 2 aromatic rings. The number of aryl methyl sites for hydroxylation is 2. The van der Waals surface area contributed by atoms with Crippen LogP contribution in [0.2, 0.25) is 10.0 Å². The zero-order valence-corrected chi connectivity index (χ0v) is 17.0. The standard InChI is InChI=1S/C20H22Cl2N2O2/c1-12-6-7-14(10-13(12)2)18(25)23-24(20(3,4)5)19(26)16-9-8-15(21)11-17(16)22/h6-11H,1-5H3,(H,23,25). The highest BCUT2D eigenvalue weighted by molar-refractivity contribution is 6.36. The topological polar surface area (TPSA) is 49.4 Å². The zero-order chi connectivity index (χ0) is 19.6. The lowest BCUT2D eigenvalue weighted by molar-refractivity contribution is 0.0359. The third kappa shape index (κ3) is 4.57. The smallest absolute Gasteiger partial charge is 0.267 e. The van der Waals surface area contributed by atoms with Gasteiger partial charge in [0, 0.05) is 10.6 Å². The van der Waals surface area contributed by atoms with Gasteiger partial charge in [0.1, 0.15) is 0 Å². The molecule has 2 aromatic carbocycles. The van der Waals surface area contributed by atoms with Crippen LogP contribution in [0.3, 0.4) is 0 Å². The van der Waals surface area contributed by atoms with Gasteiger partial charge in [-0.05, 0) is 76.1 Å². The van der Waals surface area contributed by atoms with Crippen LogP contribution in [0, 0.1) is 13.8 Å². The van der Waals surface area contributed by atoms with Gasteiger partial charge in [-0.25, -0.2) is 5.01 Å². The van der Waals surface area contributed by atoms with E-state index in [1.54, 1.807) is 24.3 Å². The number of nitrogens with one attached hydrogen (secondary N) is 1. The summed E-state index contributed by atoms with van der Waals surface area (Å²) in [5, 5.41) is 1.96. The lowest BCUT2D eigenvalue weighted by atomic mass is 10.0. The summed E-state index contributed by atoms with van der Waals surface area (Å²) in [6.45, 7) is 9.40. The van der Waals surface area contributed by atoms with Gasteiger partial charge in [-0.15, -0.1) is 0 Å². The molecule has 0 aliphatic carbocycles. The molecule has 0 spiro atoms. The molecule has 0 radical (unpaired) electrons. The number of amides is 2. The zero-order valence-electron chi connectivity index (χ0n) is 15.5. The summed E-state index contributed by atoms with van der Waals surface area (Å²) in [5.41, 5.74) is 4.91. The van der Waals surface area contributed by atoms with Crippen molar-refractivity contribution in [1.29, 1.82) is 0 Å². The van der Waals surface area contributed by atoms with E-state index in [-0.39, 0.29) is 16.5 Å². The first kappa shape index (κ1) is 20.3. The molecule has 138 valence electrons. The molecule has 0 aliphatic rings. The van der Waals surface area contributed by atoms with E-state index in [0.717, 1.165) is 11.1 Å². The molecular formula is C20H22Cl2N2O2. The Bertz CT molecular complexity index is 857. The van der Waals surface area contributed by atoms with Crippen LogP contribution in [0.1, 0.15) is 52.6 Å². The fraction of sp³-hybridized carbons (Fsp3) is 0.300. The lowest BCUT2D eigenvalue weighted by Crippen LogP contribution is -2.56. The maximum absolute atomic E-state index is 13.0. The summed E-state index contributed by atoms with van der Waals surface area (Å²) in [7, 11) is 0. The number of nitrogens with zero attached hydrogens (tertiary/aromatic N) is 1. The fourth-order valence-electron chi connectivity index (χ4n) is 2.36. The van der Waals surface area contributed by atoms with Crippen LogP contribution in [0.25, 0.3) is 0 Å². The van der Waals surface area contributed by atoms with Gasteiger partial charge in [-0.2, -0.15) is 0 Å². The molecule has 0 unspecified atom stereocenters. The second-order valence-corrected chi connectivity index (χ2v) is 8.02. The van der Waals surface area contributed by atoms with Crippen LogP contribution in [0.15, 0.2) is 36.4 Å². The molecule has 4 nitrogen and oxygen atoms in total. The van der Waals surface area contributed by atoms with Crippen LogP contribution in [-0.2, 0) is 0 Å². The maximum Gasteiger partial charge on any atom is 0.274 e. The molecule has 26 heavy (non-hydrogen) atoms. The Morgan fingerprint density at radius 1 is 0.962 bits per heavy atom. The molecule has 0 saturated heterocycles. The first-order valence-electron chi connectivity index (χ1n) is 8.18. The molecule has 0 aromatic heterocycles. The molecule has 0 saturated carbocycles. The normalized spacial score (nSPS) is 11.2. The fourth-order valence-corrected chi connectivity index (χ4v) is 2.84. The minimum atomic E-state index is -0.657. The number of halogens is 2. The summed E-state index contributed by atoms with van der Waals surface area (Å²) in [6.07, 6.45) is 0. The van der Waals surface area contributed by atoms with Crippen LogP contribution < -0.4 is 5.43 Å².